The summed E-state index contributed by atoms with van der Waals surface area (Å²) < 4.78 is 54.7. The number of aromatic nitrogens is 1. The van der Waals surface area contributed by atoms with Crippen LogP contribution in [0, 0.1) is 0 Å². The summed E-state index contributed by atoms with van der Waals surface area (Å²) in [4.78, 5) is 4.07. The minimum atomic E-state index is -4.18. The average molecular weight is 308 g/mol. The van der Waals surface area contributed by atoms with E-state index in [9.17, 15) is 17.6 Å². The third-order valence-corrected chi connectivity index (χ3v) is 2.73. The van der Waals surface area contributed by atoms with E-state index in [0.29, 0.717) is 18.7 Å². The maximum absolute atomic E-state index is 12.9. The number of hydrogen-bond acceptors (Lipinski definition) is 3. The van der Waals surface area contributed by atoms with Crippen LogP contribution in [-0.2, 0) is 13.0 Å². The number of nitrogens with zero attached hydrogens (tertiary/aromatic N) is 1. The fourth-order valence-corrected chi connectivity index (χ4v) is 1.68. The molecule has 1 N–H and O–H groups in total. The molecule has 1 aromatic heterocycles. The summed E-state index contributed by atoms with van der Waals surface area (Å²) in [6.45, 7) is 3.81. The van der Waals surface area contributed by atoms with Gasteiger partial charge in [-0.3, -0.25) is 0 Å². The number of nitrogens with one attached hydrogen (secondary N) is 1. The molecule has 7 heteroatoms. The van der Waals surface area contributed by atoms with E-state index in [-0.39, 0.29) is 5.88 Å². The van der Waals surface area contributed by atoms with Gasteiger partial charge in [-0.15, -0.1) is 0 Å². The van der Waals surface area contributed by atoms with Gasteiger partial charge in [0.25, 0.3) is 0 Å². The van der Waals surface area contributed by atoms with E-state index in [2.05, 4.69) is 10.3 Å². The van der Waals surface area contributed by atoms with Crippen LogP contribution in [0.3, 0.4) is 0 Å². The van der Waals surface area contributed by atoms with E-state index < -0.39 is 19.0 Å². The van der Waals surface area contributed by atoms with Crippen LogP contribution in [0.2, 0.25) is 0 Å². The summed E-state index contributed by atoms with van der Waals surface area (Å²) >= 11 is 0. The molecule has 0 aliphatic heterocycles. The summed E-state index contributed by atoms with van der Waals surface area (Å²) in [5, 5.41) is 3.10. The molecule has 1 aromatic rings. The Labute approximate surface area is 121 Å². The monoisotopic (exact) mass is 308 g/mol. The van der Waals surface area contributed by atoms with Crippen LogP contribution in [0.15, 0.2) is 12.1 Å². The van der Waals surface area contributed by atoms with E-state index in [1.165, 1.54) is 6.07 Å². The van der Waals surface area contributed by atoms with Crippen LogP contribution >= 0.6 is 0 Å². The molecule has 0 amide bonds. The zero-order valence-corrected chi connectivity index (χ0v) is 12.1. The van der Waals surface area contributed by atoms with Gasteiger partial charge in [0.15, 0.2) is 6.61 Å². The highest BCUT2D eigenvalue weighted by Gasteiger charge is 2.41. The van der Waals surface area contributed by atoms with Crippen molar-refractivity contribution in [1.29, 1.82) is 0 Å². The first-order chi connectivity index (χ1) is 9.89. The molecule has 1 heterocycles. The number of ether oxygens (including phenoxy) is 1. The van der Waals surface area contributed by atoms with Crippen molar-refractivity contribution in [3.8, 4) is 5.88 Å². The number of alkyl halides is 4. The molecule has 0 bridgehead atoms. The highest BCUT2D eigenvalue weighted by Crippen LogP contribution is 2.24. The van der Waals surface area contributed by atoms with E-state index in [1.807, 2.05) is 19.9 Å². The molecular weight excluding hydrogens is 288 g/mol. The summed E-state index contributed by atoms with van der Waals surface area (Å²) in [7, 11) is 0. The molecule has 120 valence electrons. The Morgan fingerprint density at radius 3 is 2.57 bits per heavy atom. The van der Waals surface area contributed by atoms with Gasteiger partial charge in [0.2, 0.25) is 5.88 Å². The number of pyridine rings is 1. The molecule has 0 spiro atoms. The lowest BCUT2D eigenvalue weighted by Crippen LogP contribution is -2.34. The van der Waals surface area contributed by atoms with E-state index in [0.717, 1.165) is 18.5 Å². The van der Waals surface area contributed by atoms with Crippen molar-refractivity contribution < 1.29 is 22.3 Å². The van der Waals surface area contributed by atoms with Gasteiger partial charge in [0.05, 0.1) is 0 Å². The molecule has 0 unspecified atom stereocenters. The van der Waals surface area contributed by atoms with Crippen molar-refractivity contribution >= 4 is 0 Å². The maximum Gasteiger partial charge on any atom is 0.340 e. The Balaban J connectivity index is 2.82. The smallest absolute Gasteiger partial charge is 0.340 e. The first-order valence-corrected chi connectivity index (χ1v) is 6.88. The van der Waals surface area contributed by atoms with Crippen LogP contribution in [0.5, 0.6) is 5.88 Å². The Kier molecular flexibility index (Phi) is 6.87. The topological polar surface area (TPSA) is 34.1 Å². The van der Waals surface area contributed by atoms with Gasteiger partial charge in [-0.25, -0.2) is 13.8 Å². The van der Waals surface area contributed by atoms with E-state index in [1.54, 1.807) is 0 Å². The largest absolute Gasteiger partial charge is 0.471 e. The fourth-order valence-electron chi connectivity index (χ4n) is 1.68. The second kappa shape index (κ2) is 8.17. The number of hydrogen-bond donors (Lipinski definition) is 1. The first kappa shape index (κ1) is 17.7. The van der Waals surface area contributed by atoms with E-state index in [4.69, 9.17) is 4.74 Å². The number of aryl methyl sites for hydroxylation is 1. The third-order valence-electron chi connectivity index (χ3n) is 2.73. The van der Waals surface area contributed by atoms with Crippen LogP contribution < -0.4 is 10.1 Å². The fraction of sp³-hybridized carbons (Fsp3) is 0.643. The Morgan fingerprint density at radius 2 is 2.00 bits per heavy atom. The number of rotatable bonds is 9. The van der Waals surface area contributed by atoms with Crippen LogP contribution in [0.1, 0.15) is 31.5 Å². The normalized spacial score (nSPS) is 12.0. The molecule has 0 radical (unpaired) electrons. The second-order valence-electron chi connectivity index (χ2n) is 4.69. The van der Waals surface area contributed by atoms with Crippen LogP contribution in [-0.4, -0.2) is 30.5 Å². The summed E-state index contributed by atoms with van der Waals surface area (Å²) in [6.07, 6.45) is -2.25. The summed E-state index contributed by atoms with van der Waals surface area (Å²) in [5.74, 6) is -4.22. The molecule has 0 fully saturated rings. The molecule has 21 heavy (non-hydrogen) atoms. The van der Waals surface area contributed by atoms with Crippen molar-refractivity contribution in [3.05, 3.63) is 23.4 Å². The molecule has 0 atom stereocenters. The molecule has 0 aliphatic carbocycles. The first-order valence-electron chi connectivity index (χ1n) is 6.88. The Hall–Kier alpha value is -1.37. The van der Waals surface area contributed by atoms with Gasteiger partial charge < -0.3 is 10.1 Å². The highest BCUT2D eigenvalue weighted by molar-refractivity contribution is 5.25. The molecular formula is C14H20F4N2O. The van der Waals surface area contributed by atoms with Gasteiger partial charge in [0, 0.05) is 18.3 Å². The predicted octanol–water partition coefficient (Wildman–Crippen LogP) is 3.42. The third kappa shape index (κ3) is 5.87. The van der Waals surface area contributed by atoms with Crippen LogP contribution in [0.25, 0.3) is 0 Å². The standard InChI is InChI=1S/C14H20F4N2O/c1-3-5-11-6-10(8-19-4-2)7-12(20-11)21-9-14(17,18)13(15)16/h6-7,13,19H,3-5,8-9H2,1-2H3. The minimum absolute atomic E-state index is 0.0471. The van der Waals surface area contributed by atoms with Crippen molar-refractivity contribution in [3.63, 3.8) is 0 Å². The van der Waals surface area contributed by atoms with Crippen molar-refractivity contribution in [2.75, 3.05) is 13.2 Å². The Bertz CT molecular complexity index is 441. The lowest BCUT2D eigenvalue weighted by molar-refractivity contribution is -0.148. The van der Waals surface area contributed by atoms with Crippen molar-refractivity contribution in [2.24, 2.45) is 0 Å². The highest BCUT2D eigenvalue weighted by atomic mass is 19.3. The molecule has 0 aromatic carbocycles. The average Bonchev–Trinajstić information content (AvgIpc) is 2.43. The minimum Gasteiger partial charge on any atom is -0.471 e. The van der Waals surface area contributed by atoms with Gasteiger partial charge in [-0.05, 0) is 24.6 Å². The lowest BCUT2D eigenvalue weighted by Gasteiger charge is -2.16. The second-order valence-corrected chi connectivity index (χ2v) is 4.69. The molecule has 0 aliphatic rings. The van der Waals surface area contributed by atoms with Crippen LogP contribution in [0.4, 0.5) is 17.6 Å². The lowest BCUT2D eigenvalue weighted by atomic mass is 10.1. The van der Waals surface area contributed by atoms with Gasteiger partial charge in [-0.1, -0.05) is 20.3 Å². The summed E-state index contributed by atoms with van der Waals surface area (Å²) in [6, 6.07) is 3.34. The molecule has 0 saturated carbocycles. The predicted molar refractivity (Wildman–Crippen MR) is 72.1 cm³/mol. The zero-order chi connectivity index (χ0) is 15.9. The SMILES string of the molecule is CCCc1cc(CNCC)cc(OCC(F)(F)C(F)F)n1. The van der Waals surface area contributed by atoms with Gasteiger partial charge in [-0.2, -0.15) is 8.78 Å². The maximum atomic E-state index is 12.9. The number of halogens is 4. The van der Waals surface area contributed by atoms with Gasteiger partial charge >= 0.3 is 12.3 Å². The molecule has 0 saturated heterocycles. The van der Waals surface area contributed by atoms with Gasteiger partial charge in [0.1, 0.15) is 0 Å². The Morgan fingerprint density at radius 1 is 1.29 bits per heavy atom. The molecule has 3 nitrogen and oxygen atoms in total. The molecule has 1 rings (SSSR count). The zero-order valence-electron chi connectivity index (χ0n) is 12.1. The van der Waals surface area contributed by atoms with Crippen molar-refractivity contribution in [2.45, 2.75) is 45.6 Å². The summed E-state index contributed by atoms with van der Waals surface area (Å²) in [5.41, 5.74) is 1.52. The quantitative estimate of drug-likeness (QED) is 0.710. The van der Waals surface area contributed by atoms with E-state index >= 15 is 0 Å². The van der Waals surface area contributed by atoms with Crippen molar-refractivity contribution in [1.82, 2.24) is 10.3 Å².